The van der Waals surface area contributed by atoms with Gasteiger partial charge in [0.2, 0.25) is 15.9 Å². The van der Waals surface area contributed by atoms with E-state index in [0.717, 1.165) is 16.1 Å². The van der Waals surface area contributed by atoms with Crippen molar-refractivity contribution in [2.24, 2.45) is 0 Å². The molecule has 0 spiro atoms. The van der Waals surface area contributed by atoms with Crippen molar-refractivity contribution in [2.45, 2.75) is 13.3 Å². The maximum Gasteiger partial charge on any atom is 0.232 e. The van der Waals surface area contributed by atoms with E-state index in [1.165, 1.54) is 31.4 Å². The van der Waals surface area contributed by atoms with Crippen LogP contribution in [0.25, 0.3) is 0 Å². The molecular formula is C18H21FN2O4S. The van der Waals surface area contributed by atoms with E-state index in [4.69, 9.17) is 4.74 Å². The number of amides is 1. The number of methoxy groups -OCH3 is 1. The Morgan fingerprint density at radius 3 is 2.42 bits per heavy atom. The summed E-state index contributed by atoms with van der Waals surface area (Å²) in [5, 5.41) is 2.61. The molecule has 0 aliphatic carbocycles. The van der Waals surface area contributed by atoms with Crippen LogP contribution < -0.4 is 14.4 Å². The molecule has 1 N–H and O–H groups in total. The molecule has 8 heteroatoms. The average molecular weight is 380 g/mol. The van der Waals surface area contributed by atoms with Crippen molar-refractivity contribution in [1.82, 2.24) is 0 Å². The highest BCUT2D eigenvalue weighted by molar-refractivity contribution is 7.92. The molecule has 140 valence electrons. The van der Waals surface area contributed by atoms with E-state index in [1.54, 1.807) is 12.1 Å². The molecule has 2 rings (SSSR count). The number of hydrogen-bond acceptors (Lipinski definition) is 4. The van der Waals surface area contributed by atoms with Gasteiger partial charge in [-0.3, -0.25) is 9.10 Å². The number of benzene rings is 2. The van der Waals surface area contributed by atoms with E-state index in [0.29, 0.717) is 17.1 Å². The van der Waals surface area contributed by atoms with E-state index in [2.05, 4.69) is 5.32 Å². The maximum absolute atomic E-state index is 12.9. The van der Waals surface area contributed by atoms with Gasteiger partial charge in [-0.1, -0.05) is 6.07 Å². The Hall–Kier alpha value is -2.61. The minimum atomic E-state index is -3.62. The van der Waals surface area contributed by atoms with Crippen molar-refractivity contribution < 1.29 is 22.3 Å². The highest BCUT2D eigenvalue weighted by atomic mass is 32.2. The summed E-state index contributed by atoms with van der Waals surface area (Å²) < 4.78 is 43.7. The zero-order chi connectivity index (χ0) is 19.3. The number of sulfonamides is 1. The van der Waals surface area contributed by atoms with Gasteiger partial charge in [0.15, 0.2) is 0 Å². The first kappa shape index (κ1) is 19.7. The predicted octanol–water partition coefficient (Wildman–Crippen LogP) is 2.94. The number of hydrogen-bond donors (Lipinski definition) is 1. The Bertz CT molecular complexity index is 883. The molecule has 0 aliphatic rings. The molecule has 0 bridgehead atoms. The van der Waals surface area contributed by atoms with Crippen LogP contribution in [0.4, 0.5) is 15.8 Å². The fraction of sp³-hybridized carbons (Fsp3) is 0.278. The molecule has 2 aromatic carbocycles. The lowest BCUT2D eigenvalue weighted by atomic mass is 10.2. The quantitative estimate of drug-likeness (QED) is 0.801. The first-order valence-corrected chi connectivity index (χ1v) is 9.73. The first-order chi connectivity index (χ1) is 12.2. The molecule has 0 atom stereocenters. The average Bonchev–Trinajstić information content (AvgIpc) is 2.56. The van der Waals surface area contributed by atoms with E-state index >= 15 is 0 Å². The lowest BCUT2D eigenvalue weighted by molar-refractivity contribution is -0.116. The molecule has 0 fully saturated rings. The molecule has 0 saturated heterocycles. The summed E-state index contributed by atoms with van der Waals surface area (Å²) >= 11 is 0. The van der Waals surface area contributed by atoms with Crippen molar-refractivity contribution in [3.8, 4) is 5.75 Å². The number of ether oxygens (including phenoxy) is 1. The highest BCUT2D eigenvalue weighted by Gasteiger charge is 2.22. The monoisotopic (exact) mass is 380 g/mol. The topological polar surface area (TPSA) is 75.7 Å². The minimum Gasteiger partial charge on any atom is -0.495 e. The SMILES string of the molecule is COc1ccc(C)cc1N(CCC(=O)Nc1ccc(F)cc1)S(C)(=O)=O. The second kappa shape index (κ2) is 8.18. The molecular weight excluding hydrogens is 359 g/mol. The van der Waals surface area contributed by atoms with Crippen molar-refractivity contribution in [3.63, 3.8) is 0 Å². The Balaban J connectivity index is 2.15. The number of aryl methyl sites for hydroxylation is 1. The summed E-state index contributed by atoms with van der Waals surface area (Å²) in [4.78, 5) is 12.1. The summed E-state index contributed by atoms with van der Waals surface area (Å²) in [7, 11) is -2.16. The van der Waals surface area contributed by atoms with Gasteiger partial charge < -0.3 is 10.1 Å². The van der Waals surface area contributed by atoms with Crippen LogP contribution in [0.5, 0.6) is 5.75 Å². The van der Waals surface area contributed by atoms with Crippen LogP contribution in [0.3, 0.4) is 0 Å². The normalized spacial score (nSPS) is 11.1. The second-order valence-electron chi connectivity index (χ2n) is 5.82. The Labute approximate surface area is 152 Å². The summed E-state index contributed by atoms with van der Waals surface area (Å²) in [5.41, 5.74) is 1.69. The Morgan fingerprint density at radius 2 is 1.85 bits per heavy atom. The summed E-state index contributed by atoms with van der Waals surface area (Å²) in [6.07, 6.45) is 1.01. The first-order valence-electron chi connectivity index (χ1n) is 7.88. The van der Waals surface area contributed by atoms with Gasteiger partial charge in [0.05, 0.1) is 19.1 Å². The number of halogens is 1. The maximum atomic E-state index is 12.9. The van der Waals surface area contributed by atoms with Gasteiger partial charge in [0, 0.05) is 18.7 Å². The number of nitrogens with one attached hydrogen (secondary N) is 1. The van der Waals surface area contributed by atoms with Crippen LogP contribution in [0.2, 0.25) is 0 Å². The largest absolute Gasteiger partial charge is 0.495 e. The molecule has 0 unspecified atom stereocenters. The molecule has 0 heterocycles. The van der Waals surface area contributed by atoms with E-state index in [1.807, 2.05) is 13.0 Å². The molecule has 0 aromatic heterocycles. The molecule has 1 amide bonds. The molecule has 0 radical (unpaired) electrons. The standard InChI is InChI=1S/C18H21FN2O4S/c1-13-4-9-17(25-2)16(12-13)21(26(3,23)24)11-10-18(22)20-15-7-5-14(19)6-8-15/h4-9,12H,10-11H2,1-3H3,(H,20,22). The Morgan fingerprint density at radius 1 is 1.19 bits per heavy atom. The van der Waals surface area contributed by atoms with Crippen LogP contribution in [0.15, 0.2) is 42.5 Å². The van der Waals surface area contributed by atoms with Crippen LogP contribution >= 0.6 is 0 Å². The van der Waals surface area contributed by atoms with Crippen LogP contribution in [-0.2, 0) is 14.8 Å². The fourth-order valence-electron chi connectivity index (χ4n) is 2.42. The van der Waals surface area contributed by atoms with Crippen molar-refractivity contribution >= 4 is 27.3 Å². The van der Waals surface area contributed by atoms with Gasteiger partial charge in [0.25, 0.3) is 0 Å². The second-order valence-corrected chi connectivity index (χ2v) is 7.72. The lowest BCUT2D eigenvalue weighted by Gasteiger charge is -2.24. The third-order valence-corrected chi connectivity index (χ3v) is 4.85. The third-order valence-electron chi connectivity index (χ3n) is 3.67. The van der Waals surface area contributed by atoms with Gasteiger partial charge >= 0.3 is 0 Å². The van der Waals surface area contributed by atoms with Crippen LogP contribution in [0.1, 0.15) is 12.0 Å². The van der Waals surface area contributed by atoms with Crippen molar-refractivity contribution in [2.75, 3.05) is 29.5 Å². The van der Waals surface area contributed by atoms with E-state index in [9.17, 15) is 17.6 Å². The van der Waals surface area contributed by atoms with E-state index in [-0.39, 0.29) is 18.9 Å². The van der Waals surface area contributed by atoms with Gasteiger partial charge in [-0.2, -0.15) is 0 Å². The number of carbonyl (C=O) groups excluding carboxylic acids is 1. The van der Waals surface area contributed by atoms with Crippen molar-refractivity contribution in [1.29, 1.82) is 0 Å². The summed E-state index contributed by atoms with van der Waals surface area (Å²) in [6.45, 7) is 1.79. The van der Waals surface area contributed by atoms with Gasteiger partial charge in [0.1, 0.15) is 11.6 Å². The zero-order valence-electron chi connectivity index (χ0n) is 14.8. The highest BCUT2D eigenvalue weighted by Crippen LogP contribution is 2.31. The molecule has 6 nitrogen and oxygen atoms in total. The van der Waals surface area contributed by atoms with Crippen LogP contribution in [0, 0.1) is 12.7 Å². The summed E-state index contributed by atoms with van der Waals surface area (Å²) in [5.74, 6) is -0.380. The molecule has 2 aromatic rings. The number of nitrogens with zero attached hydrogens (tertiary/aromatic N) is 1. The number of carbonyl (C=O) groups is 1. The number of anilines is 2. The third kappa shape index (κ3) is 5.19. The van der Waals surface area contributed by atoms with Crippen molar-refractivity contribution in [3.05, 3.63) is 53.8 Å². The molecule has 0 aliphatic heterocycles. The van der Waals surface area contributed by atoms with Gasteiger partial charge in [-0.15, -0.1) is 0 Å². The molecule has 26 heavy (non-hydrogen) atoms. The lowest BCUT2D eigenvalue weighted by Crippen LogP contribution is -2.33. The Kier molecular flexibility index (Phi) is 6.20. The van der Waals surface area contributed by atoms with Gasteiger partial charge in [-0.05, 0) is 48.9 Å². The van der Waals surface area contributed by atoms with E-state index < -0.39 is 15.8 Å². The van der Waals surface area contributed by atoms with Crippen LogP contribution in [-0.4, -0.2) is 34.2 Å². The molecule has 0 saturated carbocycles. The van der Waals surface area contributed by atoms with Gasteiger partial charge in [-0.25, -0.2) is 12.8 Å². The smallest absolute Gasteiger partial charge is 0.232 e. The zero-order valence-corrected chi connectivity index (χ0v) is 15.6. The fourth-order valence-corrected chi connectivity index (χ4v) is 3.34. The number of rotatable bonds is 7. The minimum absolute atomic E-state index is 0.0499. The predicted molar refractivity (Wildman–Crippen MR) is 99.6 cm³/mol. The summed E-state index contributed by atoms with van der Waals surface area (Å²) in [6, 6.07) is 10.5.